The Morgan fingerprint density at radius 2 is 1.24 bits per heavy atom. The zero-order chi connectivity index (χ0) is 20.5. The van der Waals surface area contributed by atoms with Gasteiger partial charge in [-0.25, -0.2) is 0 Å². The van der Waals surface area contributed by atoms with Gasteiger partial charge in [0.15, 0.2) is 0 Å². The highest BCUT2D eigenvalue weighted by molar-refractivity contribution is 4.89. The Bertz CT molecular complexity index is 416. The van der Waals surface area contributed by atoms with Crippen LogP contribution in [0, 0.1) is 41.4 Å². The fourth-order valence-corrected chi connectivity index (χ4v) is 7.83. The van der Waals surface area contributed by atoms with Gasteiger partial charge in [-0.2, -0.15) is 0 Å². The molecule has 0 saturated heterocycles. The molecular formula is C28H52O. The van der Waals surface area contributed by atoms with E-state index in [1.54, 1.807) is 32.1 Å². The average molecular weight is 405 g/mol. The molecule has 0 aromatic carbocycles. The third-order valence-electron chi connectivity index (χ3n) is 9.63. The molecule has 0 aliphatic heterocycles. The first-order chi connectivity index (χ1) is 14.2. The lowest BCUT2D eigenvalue weighted by atomic mass is 9.60. The smallest absolute Gasteiger partial charge is 0.0431 e. The normalized spacial score (nSPS) is 38.8. The SMILES string of the molecule is CCCC1CCC(C2CCC(C3CCC(CCCCCO)CC3)C(CC)C2)CC1. The highest BCUT2D eigenvalue weighted by Gasteiger charge is 2.38. The van der Waals surface area contributed by atoms with E-state index in [2.05, 4.69) is 13.8 Å². The summed E-state index contributed by atoms with van der Waals surface area (Å²) in [6, 6.07) is 0. The van der Waals surface area contributed by atoms with Crippen LogP contribution in [0.5, 0.6) is 0 Å². The van der Waals surface area contributed by atoms with Crippen LogP contribution in [-0.2, 0) is 0 Å². The van der Waals surface area contributed by atoms with Gasteiger partial charge in [0.1, 0.15) is 0 Å². The third kappa shape index (κ3) is 6.98. The Balaban J connectivity index is 1.40. The Morgan fingerprint density at radius 3 is 1.86 bits per heavy atom. The minimum atomic E-state index is 0.383. The number of unbranched alkanes of at least 4 members (excludes halogenated alkanes) is 2. The van der Waals surface area contributed by atoms with Crippen molar-refractivity contribution in [3.8, 4) is 0 Å². The number of aliphatic hydroxyl groups excluding tert-OH is 1. The number of hydrogen-bond donors (Lipinski definition) is 1. The first-order valence-electron chi connectivity index (χ1n) is 13.9. The molecule has 3 saturated carbocycles. The fourth-order valence-electron chi connectivity index (χ4n) is 7.83. The van der Waals surface area contributed by atoms with E-state index >= 15 is 0 Å². The molecule has 0 aromatic rings. The lowest BCUT2D eigenvalue weighted by Crippen LogP contribution is -2.35. The molecule has 0 aromatic heterocycles. The van der Waals surface area contributed by atoms with Crippen LogP contribution in [0.25, 0.3) is 0 Å². The van der Waals surface area contributed by atoms with Crippen molar-refractivity contribution in [3.05, 3.63) is 0 Å². The molecule has 0 bridgehead atoms. The summed E-state index contributed by atoms with van der Waals surface area (Å²) in [5, 5.41) is 8.97. The fraction of sp³-hybridized carbons (Fsp3) is 1.00. The zero-order valence-electron chi connectivity index (χ0n) is 19.9. The molecule has 0 spiro atoms. The molecule has 1 N–H and O–H groups in total. The quantitative estimate of drug-likeness (QED) is 0.362. The van der Waals surface area contributed by atoms with Crippen molar-refractivity contribution < 1.29 is 5.11 Å². The molecule has 29 heavy (non-hydrogen) atoms. The first-order valence-corrected chi connectivity index (χ1v) is 13.9. The molecule has 3 unspecified atom stereocenters. The number of aliphatic hydroxyl groups is 1. The zero-order valence-corrected chi connectivity index (χ0v) is 19.9. The number of hydrogen-bond acceptors (Lipinski definition) is 1. The highest BCUT2D eigenvalue weighted by Crippen LogP contribution is 2.49. The number of rotatable bonds is 10. The standard InChI is InChI=1S/C28H52O/c1-3-8-22-10-14-25(15-11-22)27-18-19-28(24(4-2)21-27)26-16-12-23(13-17-26)9-6-5-7-20-29/h22-29H,3-21H2,1-2H3. The Kier molecular flexibility index (Phi) is 10.4. The summed E-state index contributed by atoms with van der Waals surface area (Å²) >= 11 is 0. The van der Waals surface area contributed by atoms with Crippen LogP contribution in [0.4, 0.5) is 0 Å². The van der Waals surface area contributed by atoms with E-state index < -0.39 is 0 Å². The molecule has 170 valence electrons. The summed E-state index contributed by atoms with van der Waals surface area (Å²) in [6.45, 7) is 5.24. The van der Waals surface area contributed by atoms with Gasteiger partial charge in [-0.05, 0) is 92.8 Å². The van der Waals surface area contributed by atoms with E-state index in [0.29, 0.717) is 6.61 Å². The molecule has 3 rings (SSSR count). The van der Waals surface area contributed by atoms with Gasteiger partial charge >= 0.3 is 0 Å². The monoisotopic (exact) mass is 404 g/mol. The summed E-state index contributed by atoms with van der Waals surface area (Å²) in [7, 11) is 0. The summed E-state index contributed by atoms with van der Waals surface area (Å²) in [5.41, 5.74) is 0. The Labute approximate surface area is 182 Å². The van der Waals surface area contributed by atoms with Crippen LogP contribution in [0.2, 0.25) is 0 Å². The molecule has 0 radical (unpaired) electrons. The second-order valence-corrected chi connectivity index (χ2v) is 11.3. The van der Waals surface area contributed by atoms with Gasteiger partial charge in [0.05, 0.1) is 0 Å². The third-order valence-corrected chi connectivity index (χ3v) is 9.63. The van der Waals surface area contributed by atoms with Gasteiger partial charge in [0.25, 0.3) is 0 Å². The van der Waals surface area contributed by atoms with Crippen LogP contribution in [0.1, 0.15) is 129 Å². The van der Waals surface area contributed by atoms with Crippen molar-refractivity contribution in [2.45, 2.75) is 129 Å². The molecule has 3 aliphatic rings. The summed E-state index contributed by atoms with van der Waals surface area (Å²) in [5.74, 6) is 7.36. The van der Waals surface area contributed by atoms with Crippen LogP contribution in [0.15, 0.2) is 0 Å². The van der Waals surface area contributed by atoms with E-state index in [9.17, 15) is 0 Å². The largest absolute Gasteiger partial charge is 0.396 e. The van der Waals surface area contributed by atoms with E-state index in [1.807, 2.05) is 0 Å². The maximum absolute atomic E-state index is 8.97. The van der Waals surface area contributed by atoms with Crippen molar-refractivity contribution in [3.63, 3.8) is 0 Å². The minimum absolute atomic E-state index is 0.383. The maximum atomic E-state index is 8.97. The molecule has 1 nitrogen and oxygen atoms in total. The highest BCUT2D eigenvalue weighted by atomic mass is 16.2. The van der Waals surface area contributed by atoms with Crippen molar-refractivity contribution in [2.75, 3.05) is 6.61 Å². The van der Waals surface area contributed by atoms with E-state index in [1.165, 1.54) is 77.0 Å². The summed E-state index contributed by atoms with van der Waals surface area (Å²) in [4.78, 5) is 0. The van der Waals surface area contributed by atoms with Crippen LogP contribution in [0.3, 0.4) is 0 Å². The van der Waals surface area contributed by atoms with Crippen molar-refractivity contribution >= 4 is 0 Å². The Hall–Kier alpha value is -0.0400. The molecule has 3 fully saturated rings. The van der Waals surface area contributed by atoms with Crippen molar-refractivity contribution in [1.82, 2.24) is 0 Å². The predicted octanol–water partition coefficient (Wildman–Crippen LogP) is 8.39. The van der Waals surface area contributed by atoms with Crippen LogP contribution < -0.4 is 0 Å². The van der Waals surface area contributed by atoms with E-state index in [-0.39, 0.29) is 0 Å². The van der Waals surface area contributed by atoms with E-state index in [0.717, 1.165) is 47.8 Å². The molecule has 1 heteroatoms. The average Bonchev–Trinajstić information content (AvgIpc) is 2.77. The second kappa shape index (κ2) is 12.7. The summed E-state index contributed by atoms with van der Waals surface area (Å²) in [6.07, 6.45) is 26.3. The second-order valence-electron chi connectivity index (χ2n) is 11.3. The van der Waals surface area contributed by atoms with E-state index in [4.69, 9.17) is 5.11 Å². The van der Waals surface area contributed by atoms with Crippen LogP contribution >= 0.6 is 0 Å². The molecular weight excluding hydrogens is 352 g/mol. The summed E-state index contributed by atoms with van der Waals surface area (Å²) < 4.78 is 0. The first kappa shape index (κ1) is 23.6. The predicted molar refractivity (Wildman–Crippen MR) is 126 cm³/mol. The lowest BCUT2D eigenvalue weighted by Gasteiger charge is -2.45. The van der Waals surface area contributed by atoms with Crippen molar-refractivity contribution in [2.24, 2.45) is 41.4 Å². The van der Waals surface area contributed by atoms with Gasteiger partial charge in [-0.15, -0.1) is 0 Å². The van der Waals surface area contributed by atoms with Gasteiger partial charge in [-0.3, -0.25) is 0 Å². The van der Waals surface area contributed by atoms with Gasteiger partial charge in [-0.1, -0.05) is 78.1 Å². The van der Waals surface area contributed by atoms with Gasteiger partial charge < -0.3 is 5.11 Å². The molecule has 3 aliphatic carbocycles. The molecule has 0 amide bonds. The lowest BCUT2D eigenvalue weighted by molar-refractivity contribution is 0.0522. The Morgan fingerprint density at radius 1 is 0.621 bits per heavy atom. The maximum Gasteiger partial charge on any atom is 0.0431 e. The van der Waals surface area contributed by atoms with Gasteiger partial charge in [0.2, 0.25) is 0 Å². The van der Waals surface area contributed by atoms with Crippen LogP contribution in [-0.4, -0.2) is 11.7 Å². The van der Waals surface area contributed by atoms with Gasteiger partial charge in [0, 0.05) is 6.61 Å². The molecule has 0 heterocycles. The molecule has 3 atom stereocenters. The minimum Gasteiger partial charge on any atom is -0.396 e. The van der Waals surface area contributed by atoms with Crippen molar-refractivity contribution in [1.29, 1.82) is 0 Å². The topological polar surface area (TPSA) is 20.2 Å².